The number of amides is 1. The van der Waals surface area contributed by atoms with E-state index >= 15 is 0 Å². The summed E-state index contributed by atoms with van der Waals surface area (Å²) in [4.78, 5) is 15.4. The Balaban J connectivity index is 0.00000150. The molecule has 1 amide bonds. The molecular weight excluding hydrogens is 356 g/mol. The molecule has 1 saturated heterocycles. The molecule has 9 heteroatoms. The Morgan fingerprint density at radius 2 is 2.00 bits per heavy atom. The summed E-state index contributed by atoms with van der Waals surface area (Å²) in [6.45, 7) is 2.32. The van der Waals surface area contributed by atoms with Crippen LogP contribution in [0.4, 0.5) is 25.2 Å². The number of hydrogen-bond acceptors (Lipinski definition) is 5. The van der Waals surface area contributed by atoms with E-state index in [2.05, 4.69) is 20.7 Å². The maximum Gasteiger partial charge on any atom is 0.407 e. The second-order valence-corrected chi connectivity index (χ2v) is 6.17. The summed E-state index contributed by atoms with van der Waals surface area (Å²) in [6.07, 6.45) is 0.549. The Bertz CT molecular complexity index is 1010. The van der Waals surface area contributed by atoms with E-state index in [1.165, 1.54) is 11.0 Å². The zero-order valence-electron chi connectivity index (χ0n) is 14.2. The third-order valence-corrected chi connectivity index (χ3v) is 4.01. The van der Waals surface area contributed by atoms with Crippen LogP contribution in [0.2, 0.25) is 0 Å². The van der Waals surface area contributed by atoms with E-state index in [0.717, 1.165) is 29.3 Å². The zero-order chi connectivity index (χ0) is 19.0. The first kappa shape index (κ1) is 17.0. The first-order valence-electron chi connectivity index (χ1n) is 8.17. The molecule has 4 rings (SSSR count). The van der Waals surface area contributed by atoms with Crippen LogP contribution in [0.1, 0.15) is 20.1 Å². The average molecular weight is 375 g/mol. The third-order valence-electron chi connectivity index (χ3n) is 4.01. The summed E-state index contributed by atoms with van der Waals surface area (Å²) >= 11 is 0. The number of carbonyl (C=O) groups is 1. The fraction of sp³-hybridized carbons (Fsp3) is 0.167. The smallest absolute Gasteiger partial charge is 0.407 e. The molecule has 1 fully saturated rings. The van der Waals surface area contributed by atoms with Crippen molar-refractivity contribution in [3.05, 3.63) is 65.5 Å². The summed E-state index contributed by atoms with van der Waals surface area (Å²) in [7, 11) is 0. The summed E-state index contributed by atoms with van der Waals surface area (Å²) in [5, 5.41) is 9.85. The van der Waals surface area contributed by atoms with Gasteiger partial charge in [0.1, 0.15) is 24.1 Å². The predicted octanol–water partition coefficient (Wildman–Crippen LogP) is 3.87. The highest BCUT2D eigenvalue weighted by Gasteiger charge is 2.24. The third kappa shape index (κ3) is 3.71. The molecular formula is C18H19F2N5O2. The summed E-state index contributed by atoms with van der Waals surface area (Å²) < 4.78 is 33.2. The summed E-state index contributed by atoms with van der Waals surface area (Å²) in [6, 6.07) is 8.76. The number of anilines is 2. The number of rotatable bonds is 4. The summed E-state index contributed by atoms with van der Waals surface area (Å²) in [5.41, 5.74) is 2.73. The van der Waals surface area contributed by atoms with Gasteiger partial charge >= 0.3 is 6.09 Å². The van der Waals surface area contributed by atoms with Crippen molar-refractivity contribution in [2.45, 2.75) is 13.0 Å². The highest BCUT2D eigenvalue weighted by Crippen LogP contribution is 2.26. The van der Waals surface area contributed by atoms with Crippen molar-refractivity contribution in [3.8, 4) is 5.69 Å². The van der Waals surface area contributed by atoms with Crippen molar-refractivity contribution in [3.63, 3.8) is 0 Å². The maximum atomic E-state index is 13.4. The van der Waals surface area contributed by atoms with E-state index in [0.29, 0.717) is 12.2 Å². The highest BCUT2D eigenvalue weighted by atomic mass is 19.1. The van der Waals surface area contributed by atoms with E-state index in [4.69, 9.17) is 4.74 Å². The van der Waals surface area contributed by atoms with Gasteiger partial charge in [0.25, 0.3) is 0 Å². The number of aryl methyl sites for hydroxylation is 1. The second-order valence-electron chi connectivity index (χ2n) is 6.17. The van der Waals surface area contributed by atoms with Gasteiger partial charge in [-0.2, -0.15) is 4.98 Å². The molecule has 0 bridgehead atoms. The van der Waals surface area contributed by atoms with Gasteiger partial charge in [0.2, 0.25) is 5.95 Å². The molecule has 2 aromatic carbocycles. The Morgan fingerprint density at radius 3 is 2.70 bits per heavy atom. The number of nitrogens with zero attached hydrogens (tertiary/aromatic N) is 3. The van der Waals surface area contributed by atoms with Gasteiger partial charge < -0.3 is 15.4 Å². The minimum absolute atomic E-state index is 0. The zero-order valence-corrected chi connectivity index (χ0v) is 14.2. The molecule has 3 aromatic rings. The van der Waals surface area contributed by atoms with E-state index in [-0.39, 0.29) is 20.6 Å². The van der Waals surface area contributed by atoms with Gasteiger partial charge in [-0.05, 0) is 42.3 Å². The molecule has 7 nitrogen and oxygen atoms in total. The molecule has 0 aliphatic carbocycles. The lowest BCUT2D eigenvalue weighted by atomic mass is 10.1. The van der Waals surface area contributed by atoms with Gasteiger partial charge in [-0.3, -0.25) is 0 Å². The fourth-order valence-corrected chi connectivity index (χ4v) is 2.89. The number of alkyl carbamates (subject to hydrolysis) is 1. The molecule has 1 aromatic heterocycles. The molecule has 0 radical (unpaired) electrons. The van der Waals surface area contributed by atoms with Crippen LogP contribution in [-0.2, 0) is 4.74 Å². The van der Waals surface area contributed by atoms with Gasteiger partial charge in [-0.25, -0.2) is 18.3 Å². The normalized spacial score (nSPS) is 16.1. The number of carbonyl (C=O) groups excluding carboxylic acids is 1. The van der Waals surface area contributed by atoms with Gasteiger partial charge in [0.05, 0.1) is 12.2 Å². The van der Waals surface area contributed by atoms with Crippen LogP contribution in [0.5, 0.6) is 0 Å². The molecule has 2 heterocycles. The van der Waals surface area contributed by atoms with Crippen LogP contribution in [0.25, 0.3) is 5.69 Å². The number of aromatic nitrogens is 3. The number of hydrogen-bond donors (Lipinski definition) is 2. The van der Waals surface area contributed by atoms with Crippen molar-refractivity contribution in [2.24, 2.45) is 0 Å². The molecule has 1 unspecified atom stereocenters. The van der Waals surface area contributed by atoms with Gasteiger partial charge in [-0.1, -0.05) is 6.07 Å². The van der Waals surface area contributed by atoms with E-state index in [1.807, 2.05) is 25.1 Å². The standard InChI is InChI=1S/C18H15F2N5O2.2H2/c1-10-2-11(16-8-21-18(26)27-16)4-14(3-10)23-17-22-9-25(24-17)15-6-12(19)5-13(20)7-15;;/h2-7,9,16H,8H2,1H3,(H,21,26)(H,23,24);2*1H. The topological polar surface area (TPSA) is 81.1 Å². The first-order chi connectivity index (χ1) is 13.0. The Morgan fingerprint density at radius 1 is 1.22 bits per heavy atom. The number of ether oxygens (including phenoxy) is 1. The van der Waals surface area contributed by atoms with Crippen LogP contribution in [-0.4, -0.2) is 27.4 Å². The number of halogens is 2. The molecule has 0 saturated carbocycles. The van der Waals surface area contributed by atoms with E-state index < -0.39 is 17.7 Å². The van der Waals surface area contributed by atoms with Crippen molar-refractivity contribution in [2.75, 3.05) is 11.9 Å². The molecule has 1 aliphatic heterocycles. The number of benzene rings is 2. The molecule has 142 valence electrons. The van der Waals surface area contributed by atoms with Gasteiger partial charge in [0.15, 0.2) is 0 Å². The fourth-order valence-electron chi connectivity index (χ4n) is 2.89. The predicted molar refractivity (Wildman–Crippen MR) is 97.2 cm³/mol. The van der Waals surface area contributed by atoms with Crippen molar-refractivity contribution >= 4 is 17.7 Å². The molecule has 1 atom stereocenters. The van der Waals surface area contributed by atoms with Crippen molar-refractivity contribution in [1.29, 1.82) is 0 Å². The van der Waals surface area contributed by atoms with E-state index in [1.54, 1.807) is 0 Å². The molecule has 27 heavy (non-hydrogen) atoms. The Hall–Kier alpha value is -3.49. The summed E-state index contributed by atoms with van der Waals surface area (Å²) in [5.74, 6) is -1.13. The van der Waals surface area contributed by atoms with Crippen LogP contribution in [0.15, 0.2) is 42.7 Å². The number of cyclic esters (lactones) is 1. The molecule has 1 aliphatic rings. The monoisotopic (exact) mass is 375 g/mol. The first-order valence-corrected chi connectivity index (χ1v) is 8.17. The van der Waals surface area contributed by atoms with Crippen LogP contribution < -0.4 is 10.6 Å². The lowest BCUT2D eigenvalue weighted by Crippen LogP contribution is -2.12. The van der Waals surface area contributed by atoms with Crippen molar-refractivity contribution < 1.29 is 21.2 Å². The number of nitrogens with one attached hydrogen (secondary N) is 2. The quantitative estimate of drug-likeness (QED) is 0.724. The average Bonchev–Trinajstić information content (AvgIpc) is 3.22. The molecule has 2 N–H and O–H groups in total. The Labute approximate surface area is 156 Å². The van der Waals surface area contributed by atoms with Crippen LogP contribution in [0, 0.1) is 18.6 Å². The largest absolute Gasteiger partial charge is 0.439 e. The minimum atomic E-state index is -0.696. The van der Waals surface area contributed by atoms with Crippen LogP contribution in [0.3, 0.4) is 0 Å². The Kier molecular flexibility index (Phi) is 4.19. The lowest BCUT2D eigenvalue weighted by molar-refractivity contribution is 0.141. The van der Waals surface area contributed by atoms with Gasteiger partial charge in [0, 0.05) is 14.6 Å². The van der Waals surface area contributed by atoms with Gasteiger partial charge in [-0.15, -0.1) is 5.10 Å². The van der Waals surface area contributed by atoms with Crippen LogP contribution >= 0.6 is 0 Å². The van der Waals surface area contributed by atoms with Crippen molar-refractivity contribution in [1.82, 2.24) is 20.1 Å². The second kappa shape index (κ2) is 6.67. The highest BCUT2D eigenvalue weighted by molar-refractivity contribution is 5.70. The maximum absolute atomic E-state index is 13.4. The SMILES string of the molecule is Cc1cc(Nc2ncn(-c3cc(F)cc(F)c3)n2)cc(C2CNC(=O)O2)c1.[HH].[HH]. The lowest BCUT2D eigenvalue weighted by Gasteiger charge is -2.12. The minimum Gasteiger partial charge on any atom is -0.439 e. The molecule has 0 spiro atoms. The van der Waals surface area contributed by atoms with E-state index in [9.17, 15) is 13.6 Å².